The Morgan fingerprint density at radius 2 is 2.00 bits per heavy atom. The third-order valence-electron chi connectivity index (χ3n) is 4.97. The smallest absolute Gasteiger partial charge is 0.269 e. The Hall–Kier alpha value is -2.70. The summed E-state index contributed by atoms with van der Waals surface area (Å²) in [6.45, 7) is 2.50. The van der Waals surface area contributed by atoms with Crippen molar-refractivity contribution in [2.45, 2.75) is 25.6 Å². The number of hydrogen-bond acceptors (Lipinski definition) is 4. The van der Waals surface area contributed by atoms with Crippen molar-refractivity contribution >= 4 is 17.3 Å². The van der Waals surface area contributed by atoms with E-state index in [2.05, 4.69) is 26.7 Å². The third kappa shape index (κ3) is 3.59. The van der Waals surface area contributed by atoms with Crippen molar-refractivity contribution in [3.8, 4) is 0 Å². The molecule has 27 heavy (non-hydrogen) atoms. The van der Waals surface area contributed by atoms with Crippen molar-refractivity contribution in [2.24, 2.45) is 0 Å². The maximum atomic E-state index is 11.3. The van der Waals surface area contributed by atoms with E-state index in [0.717, 1.165) is 42.9 Å². The molecular formula is C20H19ClN4O2. The Balaban J connectivity index is 1.81. The monoisotopic (exact) mass is 382 g/mol. The zero-order valence-corrected chi connectivity index (χ0v) is 15.4. The van der Waals surface area contributed by atoms with Crippen LogP contribution < -0.4 is 0 Å². The van der Waals surface area contributed by atoms with Gasteiger partial charge in [-0.15, -0.1) is 0 Å². The molecule has 138 valence electrons. The maximum absolute atomic E-state index is 11.3. The number of nitro groups is 1. The molecule has 4 rings (SSSR count). The first kappa shape index (κ1) is 17.7. The summed E-state index contributed by atoms with van der Waals surface area (Å²) in [5, 5.41) is 11.9. The highest BCUT2D eigenvalue weighted by Gasteiger charge is 2.30. The highest BCUT2D eigenvalue weighted by molar-refractivity contribution is 6.31. The van der Waals surface area contributed by atoms with Crippen LogP contribution in [-0.2, 0) is 13.1 Å². The summed E-state index contributed by atoms with van der Waals surface area (Å²) in [7, 11) is 0. The second kappa shape index (κ2) is 7.50. The van der Waals surface area contributed by atoms with Gasteiger partial charge in [-0.1, -0.05) is 11.6 Å². The van der Waals surface area contributed by atoms with Gasteiger partial charge in [0, 0.05) is 66.6 Å². The van der Waals surface area contributed by atoms with Gasteiger partial charge in [0.25, 0.3) is 5.69 Å². The second-order valence-electron chi connectivity index (χ2n) is 6.67. The molecule has 0 fully saturated rings. The first-order chi connectivity index (χ1) is 13.1. The van der Waals surface area contributed by atoms with Crippen LogP contribution in [0.2, 0.25) is 5.02 Å². The number of pyridine rings is 1. The van der Waals surface area contributed by atoms with Crippen molar-refractivity contribution in [3.05, 3.63) is 93.0 Å². The Labute approximate surface area is 162 Å². The van der Waals surface area contributed by atoms with E-state index in [9.17, 15) is 10.1 Å². The maximum Gasteiger partial charge on any atom is 0.269 e. The van der Waals surface area contributed by atoms with Gasteiger partial charge in [-0.3, -0.25) is 20.0 Å². The van der Waals surface area contributed by atoms with Crippen molar-refractivity contribution in [1.29, 1.82) is 0 Å². The lowest BCUT2D eigenvalue weighted by molar-refractivity contribution is -0.384. The average molecular weight is 383 g/mol. The highest BCUT2D eigenvalue weighted by atomic mass is 35.5. The molecule has 0 bridgehead atoms. The van der Waals surface area contributed by atoms with Gasteiger partial charge >= 0.3 is 0 Å². The van der Waals surface area contributed by atoms with E-state index < -0.39 is 0 Å². The number of non-ortho nitro benzene ring substituents is 1. The molecule has 3 aromatic rings. The fourth-order valence-electron chi connectivity index (χ4n) is 3.74. The molecule has 6 nitrogen and oxygen atoms in total. The van der Waals surface area contributed by atoms with Crippen molar-refractivity contribution in [1.82, 2.24) is 14.5 Å². The molecule has 2 aromatic heterocycles. The van der Waals surface area contributed by atoms with Crippen LogP contribution in [0.5, 0.6) is 0 Å². The van der Waals surface area contributed by atoms with E-state index in [4.69, 9.17) is 11.6 Å². The molecule has 1 aliphatic heterocycles. The van der Waals surface area contributed by atoms with Gasteiger partial charge in [-0.2, -0.15) is 0 Å². The molecule has 0 aliphatic carbocycles. The zero-order chi connectivity index (χ0) is 18.8. The fourth-order valence-corrected chi connectivity index (χ4v) is 3.96. The largest absolute Gasteiger partial charge is 0.350 e. The summed E-state index contributed by atoms with van der Waals surface area (Å²) in [6, 6.07) is 12.6. The van der Waals surface area contributed by atoms with Crippen LogP contribution in [0.25, 0.3) is 0 Å². The predicted octanol–water partition coefficient (Wildman–Crippen LogP) is 4.44. The number of nitro benzene ring substituents is 1. The van der Waals surface area contributed by atoms with Crippen LogP contribution in [0, 0.1) is 10.1 Å². The highest BCUT2D eigenvalue weighted by Crippen LogP contribution is 2.38. The summed E-state index contributed by atoms with van der Waals surface area (Å²) >= 11 is 6.52. The summed E-state index contributed by atoms with van der Waals surface area (Å²) in [6.07, 6.45) is 6.62. The summed E-state index contributed by atoms with van der Waals surface area (Å²) in [5.74, 6) is 0. The van der Waals surface area contributed by atoms with Crippen LogP contribution in [0.4, 0.5) is 5.69 Å². The van der Waals surface area contributed by atoms with Crippen LogP contribution in [0.15, 0.2) is 61.1 Å². The number of halogens is 1. The van der Waals surface area contributed by atoms with Gasteiger partial charge in [0.05, 0.1) is 11.0 Å². The Morgan fingerprint density at radius 3 is 2.78 bits per heavy atom. The van der Waals surface area contributed by atoms with Gasteiger partial charge in [0.15, 0.2) is 0 Å². The number of hydrogen-bond donors (Lipinski definition) is 0. The number of fused-ring (bicyclic) bond motifs is 1. The lowest BCUT2D eigenvalue weighted by atomic mass is 10.0. The van der Waals surface area contributed by atoms with Gasteiger partial charge < -0.3 is 4.57 Å². The van der Waals surface area contributed by atoms with E-state index in [1.165, 1.54) is 6.07 Å². The van der Waals surface area contributed by atoms with Crippen LogP contribution >= 0.6 is 11.6 Å². The van der Waals surface area contributed by atoms with Crippen molar-refractivity contribution in [3.63, 3.8) is 0 Å². The van der Waals surface area contributed by atoms with Gasteiger partial charge in [-0.25, -0.2) is 0 Å². The second-order valence-corrected chi connectivity index (χ2v) is 7.08. The predicted molar refractivity (Wildman–Crippen MR) is 104 cm³/mol. The molecule has 1 aromatic carbocycles. The quantitative estimate of drug-likeness (QED) is 0.494. The number of aromatic nitrogens is 2. The fraction of sp³-hybridized carbons (Fsp3) is 0.250. The average Bonchev–Trinajstić information content (AvgIpc) is 3.05. The van der Waals surface area contributed by atoms with Crippen LogP contribution in [0.1, 0.15) is 29.3 Å². The van der Waals surface area contributed by atoms with Gasteiger partial charge in [0.1, 0.15) is 0 Å². The summed E-state index contributed by atoms with van der Waals surface area (Å²) in [5.41, 5.74) is 3.07. The molecule has 0 radical (unpaired) electrons. The van der Waals surface area contributed by atoms with Gasteiger partial charge in [-0.05, 0) is 42.3 Å². The molecule has 0 N–H and O–H groups in total. The molecule has 3 heterocycles. The van der Waals surface area contributed by atoms with Crippen molar-refractivity contribution in [2.75, 3.05) is 6.54 Å². The van der Waals surface area contributed by atoms with E-state index in [1.54, 1.807) is 24.5 Å². The molecule has 7 heteroatoms. The molecule has 1 atom stereocenters. The lowest BCUT2D eigenvalue weighted by Gasteiger charge is -2.31. The topological polar surface area (TPSA) is 64.2 Å². The first-order valence-corrected chi connectivity index (χ1v) is 9.23. The Morgan fingerprint density at radius 1 is 1.19 bits per heavy atom. The molecule has 0 saturated heterocycles. The molecule has 0 amide bonds. The standard InChI is InChI=1S/C20H19ClN4O2/c21-18-5-4-16(25(26)27)13-17(18)20-19-3-1-10-23(19)11-2-12-24(20)14-15-6-8-22-9-7-15/h1,3-10,13,20H,2,11-12,14H2. The molecule has 1 unspecified atom stereocenters. The van der Waals surface area contributed by atoms with Crippen LogP contribution in [0.3, 0.4) is 0 Å². The third-order valence-corrected chi connectivity index (χ3v) is 5.32. The summed E-state index contributed by atoms with van der Waals surface area (Å²) < 4.78 is 2.21. The molecule has 1 aliphatic rings. The molecule has 0 saturated carbocycles. The number of aryl methyl sites for hydroxylation is 1. The Kier molecular flexibility index (Phi) is 4.92. The van der Waals surface area contributed by atoms with Crippen LogP contribution in [-0.4, -0.2) is 25.9 Å². The number of rotatable bonds is 4. The summed E-state index contributed by atoms with van der Waals surface area (Å²) in [4.78, 5) is 17.4. The minimum atomic E-state index is -0.372. The SMILES string of the molecule is O=[N+]([O-])c1ccc(Cl)c(C2c3cccn3CCCN2Cc2ccncc2)c1. The Bertz CT molecular complexity index is 958. The van der Waals surface area contributed by atoms with Crippen molar-refractivity contribution < 1.29 is 4.92 Å². The van der Waals surface area contributed by atoms with E-state index in [-0.39, 0.29) is 16.7 Å². The normalized spacial score (nSPS) is 17.3. The molecule has 0 spiro atoms. The van der Waals surface area contributed by atoms with E-state index in [1.807, 2.05) is 18.2 Å². The molecular weight excluding hydrogens is 364 g/mol. The zero-order valence-electron chi connectivity index (χ0n) is 14.7. The first-order valence-electron chi connectivity index (χ1n) is 8.85. The van der Waals surface area contributed by atoms with Gasteiger partial charge in [0.2, 0.25) is 0 Å². The minimum absolute atomic E-state index is 0.0561. The minimum Gasteiger partial charge on any atom is -0.350 e. The van der Waals surface area contributed by atoms with E-state index in [0.29, 0.717) is 5.02 Å². The number of nitrogens with zero attached hydrogens (tertiary/aromatic N) is 4. The number of benzene rings is 1. The van der Waals surface area contributed by atoms with E-state index >= 15 is 0 Å². The lowest BCUT2D eigenvalue weighted by Crippen LogP contribution is -2.29.